The summed E-state index contributed by atoms with van der Waals surface area (Å²) in [6.45, 7) is 4.28. The lowest BCUT2D eigenvalue weighted by molar-refractivity contribution is -0.870. The molecule has 0 spiro atoms. The van der Waals surface area contributed by atoms with E-state index < -0.39 is 38.8 Å². The molecule has 7 atom stereocenters. The van der Waals surface area contributed by atoms with Gasteiger partial charge in [0.25, 0.3) is 7.82 Å². The van der Waals surface area contributed by atoms with E-state index >= 15 is 0 Å². The summed E-state index contributed by atoms with van der Waals surface area (Å²) in [5.41, 5.74) is 0. The summed E-state index contributed by atoms with van der Waals surface area (Å²) >= 11 is 0. The van der Waals surface area contributed by atoms with Crippen LogP contribution in [0.1, 0.15) is 149 Å². The van der Waals surface area contributed by atoms with Gasteiger partial charge >= 0.3 is 0 Å². The van der Waals surface area contributed by atoms with E-state index in [1.165, 1.54) is 57.8 Å². The molecule has 1 unspecified atom stereocenters. The van der Waals surface area contributed by atoms with Crippen LogP contribution in [0.3, 0.4) is 0 Å². The quantitative estimate of drug-likeness (QED) is 0.0224. The van der Waals surface area contributed by atoms with Crippen molar-refractivity contribution >= 4 is 19.5 Å². The largest absolute Gasteiger partial charge is 0.756 e. The van der Waals surface area contributed by atoms with Crippen molar-refractivity contribution in [2.45, 2.75) is 173 Å². The number of unbranched alkanes of at least 4 members (excludes halogenated alkanes) is 14. The Hall–Kier alpha value is -1.69. The predicted octanol–water partition coefficient (Wildman–Crippen LogP) is 7.48. The zero-order valence-electron chi connectivity index (χ0n) is 35.1. The van der Waals surface area contributed by atoms with Gasteiger partial charge in [-0.3, -0.25) is 14.2 Å². The zero-order chi connectivity index (χ0) is 41.0. The number of aliphatic hydroxyl groups excluding tert-OH is 3. The minimum atomic E-state index is -4.66. The molecule has 1 aliphatic rings. The first-order valence-corrected chi connectivity index (χ1v) is 22.9. The second-order valence-electron chi connectivity index (χ2n) is 16.5. The number of hydrogen-bond donors (Lipinski definition) is 4. The molecule has 55 heavy (non-hydrogen) atoms. The van der Waals surface area contributed by atoms with Gasteiger partial charge in [-0.1, -0.05) is 134 Å². The summed E-state index contributed by atoms with van der Waals surface area (Å²) in [5.74, 6) is -1.03. The number of nitrogens with one attached hydrogen (secondary N) is 1. The van der Waals surface area contributed by atoms with E-state index in [-0.39, 0.29) is 43.0 Å². The molecule has 0 radical (unpaired) electrons. The number of carbonyl (C=O) groups excluding carboxylic acids is 2. The third-order valence-corrected chi connectivity index (χ3v) is 11.2. The molecule has 0 bridgehead atoms. The Morgan fingerprint density at radius 2 is 1.47 bits per heavy atom. The Morgan fingerprint density at radius 3 is 2.11 bits per heavy atom. The number of ketones is 1. The molecular weight excluding hydrogens is 719 g/mol. The Balaban J connectivity index is 2.61. The Labute approximate surface area is 334 Å². The molecule has 4 N–H and O–H groups in total. The molecule has 1 rings (SSSR count). The van der Waals surface area contributed by atoms with E-state index in [1.807, 2.05) is 39.4 Å². The van der Waals surface area contributed by atoms with Crippen molar-refractivity contribution in [1.82, 2.24) is 5.32 Å². The summed E-state index contributed by atoms with van der Waals surface area (Å²) in [6, 6.07) is -0.990. The fraction of sp³-hybridized carbons (Fsp3) is 0.814. The van der Waals surface area contributed by atoms with Gasteiger partial charge in [0.05, 0.1) is 52.1 Å². The molecule has 0 saturated heterocycles. The molecule has 11 nitrogen and oxygen atoms in total. The van der Waals surface area contributed by atoms with Crippen LogP contribution in [0.4, 0.5) is 0 Å². The van der Waals surface area contributed by atoms with E-state index in [0.29, 0.717) is 36.7 Å². The molecule has 0 aromatic heterocycles. The van der Waals surface area contributed by atoms with Crippen LogP contribution < -0.4 is 10.2 Å². The van der Waals surface area contributed by atoms with Crippen molar-refractivity contribution in [3.8, 4) is 0 Å². The van der Waals surface area contributed by atoms with Crippen molar-refractivity contribution in [3.63, 3.8) is 0 Å². The highest BCUT2D eigenvalue weighted by Crippen LogP contribution is 2.38. The van der Waals surface area contributed by atoms with Crippen molar-refractivity contribution in [2.75, 3.05) is 40.9 Å². The van der Waals surface area contributed by atoms with E-state index in [1.54, 1.807) is 18.2 Å². The van der Waals surface area contributed by atoms with Crippen LogP contribution in [0.5, 0.6) is 0 Å². The number of aliphatic hydroxyl groups is 3. The number of phosphoric ester groups is 1. The molecule has 1 amide bonds. The van der Waals surface area contributed by atoms with Crippen molar-refractivity contribution in [2.24, 2.45) is 11.8 Å². The maximum Gasteiger partial charge on any atom is 0.268 e. The number of carbonyl (C=O) groups is 2. The van der Waals surface area contributed by atoms with Gasteiger partial charge in [0, 0.05) is 24.7 Å². The molecule has 0 heterocycles. The number of hydrogen-bond acceptors (Lipinski definition) is 9. The third kappa shape index (κ3) is 26.8. The summed E-state index contributed by atoms with van der Waals surface area (Å²) in [7, 11) is 1.09. The van der Waals surface area contributed by atoms with Crippen molar-refractivity contribution < 1.29 is 47.9 Å². The van der Waals surface area contributed by atoms with Crippen molar-refractivity contribution in [3.05, 3.63) is 36.5 Å². The minimum absolute atomic E-state index is 0.00715. The smallest absolute Gasteiger partial charge is 0.268 e. The number of nitrogens with zero attached hydrogens (tertiary/aromatic N) is 1. The monoisotopic (exact) mass is 799 g/mol. The molecule has 1 fully saturated rings. The standard InChI is InChI=1S/C43H79N2O9P/c1-6-8-10-11-12-13-14-15-16-17-18-19-24-28-40(47)39(35-54-55(51,52)53-33-32-45(3,4)5)44-43(50)29-25-21-20-23-27-37-38(42(49)34-41(37)48)31-30-36(46)26-22-9-7-2/h20,23-24,28,30-31,36-40,42,46-47,49H,6-19,21-22,25-27,29,32-35H2,1-5H3,(H-,44,50,51,52)/b23-20-,28-24+,31-30+/t36-,37+,38+,39-,40+,42+/m0/s1. The van der Waals surface area contributed by atoms with Crippen LogP contribution in [0.25, 0.3) is 0 Å². The highest BCUT2D eigenvalue weighted by atomic mass is 31.2. The lowest BCUT2D eigenvalue weighted by Gasteiger charge is -2.29. The zero-order valence-corrected chi connectivity index (χ0v) is 36.0. The van der Waals surface area contributed by atoms with Crippen LogP contribution >= 0.6 is 7.82 Å². The molecule has 0 aromatic carbocycles. The normalized spacial score (nSPS) is 20.8. The van der Waals surface area contributed by atoms with E-state index in [2.05, 4.69) is 19.2 Å². The van der Waals surface area contributed by atoms with Gasteiger partial charge in [-0.15, -0.1) is 0 Å². The highest BCUT2D eigenvalue weighted by molar-refractivity contribution is 7.45. The number of Topliss-reactive ketones (excluding diaryl/α,β-unsaturated/α-hetero) is 1. The summed E-state index contributed by atoms with van der Waals surface area (Å²) in [4.78, 5) is 38.0. The topological polar surface area (TPSA) is 165 Å². The van der Waals surface area contributed by atoms with Gasteiger partial charge < -0.3 is 39.1 Å². The van der Waals surface area contributed by atoms with Crippen LogP contribution in [-0.2, 0) is 23.2 Å². The van der Waals surface area contributed by atoms with Crippen LogP contribution in [-0.4, -0.2) is 96.7 Å². The average Bonchev–Trinajstić information content (AvgIpc) is 3.39. The van der Waals surface area contributed by atoms with E-state index in [4.69, 9.17) is 9.05 Å². The summed E-state index contributed by atoms with van der Waals surface area (Å²) in [6.07, 6.45) is 28.3. The van der Waals surface area contributed by atoms with Crippen LogP contribution in [0.15, 0.2) is 36.5 Å². The van der Waals surface area contributed by atoms with Gasteiger partial charge in [0.1, 0.15) is 18.9 Å². The van der Waals surface area contributed by atoms with Gasteiger partial charge in [0.2, 0.25) is 5.91 Å². The van der Waals surface area contributed by atoms with Crippen LogP contribution in [0, 0.1) is 11.8 Å². The number of rotatable bonds is 34. The Bertz CT molecular complexity index is 1160. The predicted molar refractivity (Wildman–Crippen MR) is 220 cm³/mol. The Morgan fingerprint density at radius 1 is 0.873 bits per heavy atom. The molecule has 1 aliphatic carbocycles. The molecule has 12 heteroatoms. The van der Waals surface area contributed by atoms with E-state index in [0.717, 1.165) is 38.5 Å². The summed E-state index contributed by atoms with van der Waals surface area (Å²) < 4.78 is 23.1. The SMILES string of the molecule is CCCCCCCCCCCCC/C=C/[C@@H](O)[C@H](COP(=O)([O-])OCC[N+](C)(C)C)NC(=O)CCC/C=C\C[C@H]1C(=O)C[C@@H](O)[C@@H]1/C=C/[C@@H](O)CCCCC. The first-order valence-electron chi connectivity index (χ1n) is 21.5. The number of quaternary nitrogens is 1. The highest BCUT2D eigenvalue weighted by Gasteiger charge is 2.39. The fourth-order valence-corrected chi connectivity index (χ4v) is 7.38. The van der Waals surface area contributed by atoms with Gasteiger partial charge in [-0.2, -0.15) is 0 Å². The number of amides is 1. The molecule has 320 valence electrons. The average molecular weight is 799 g/mol. The lowest BCUT2D eigenvalue weighted by Crippen LogP contribution is -2.45. The maximum atomic E-state index is 12.9. The first-order chi connectivity index (χ1) is 26.2. The van der Waals surface area contributed by atoms with Gasteiger partial charge in [-0.05, 0) is 38.5 Å². The fourth-order valence-electron chi connectivity index (χ4n) is 6.66. The lowest BCUT2D eigenvalue weighted by atomic mass is 9.90. The van der Waals surface area contributed by atoms with Gasteiger partial charge in [0.15, 0.2) is 0 Å². The van der Waals surface area contributed by atoms with Crippen LogP contribution in [0.2, 0.25) is 0 Å². The molecule has 1 saturated carbocycles. The number of allylic oxidation sites excluding steroid dienone is 3. The molecule has 0 aromatic rings. The molecular formula is C43H79N2O9P. The van der Waals surface area contributed by atoms with Crippen molar-refractivity contribution in [1.29, 1.82) is 0 Å². The molecule has 0 aliphatic heterocycles. The number of phosphoric acid groups is 1. The second-order valence-corrected chi connectivity index (χ2v) is 17.9. The third-order valence-electron chi connectivity index (χ3n) is 10.2. The first kappa shape index (κ1) is 51.3. The number of likely N-dealkylation sites (N-methyl/N-ethyl adjacent to an activating group) is 1. The maximum absolute atomic E-state index is 12.9. The minimum Gasteiger partial charge on any atom is -0.756 e. The Kier molecular flexibility index (Phi) is 28.4. The van der Waals surface area contributed by atoms with E-state index in [9.17, 15) is 34.4 Å². The summed E-state index contributed by atoms with van der Waals surface area (Å²) in [5, 5.41) is 34.4. The second kappa shape index (κ2) is 30.4. The van der Waals surface area contributed by atoms with Gasteiger partial charge in [-0.25, -0.2) is 0 Å².